The highest BCUT2D eigenvalue weighted by molar-refractivity contribution is 7.98. The van der Waals surface area contributed by atoms with E-state index < -0.39 is 0 Å². The minimum Gasteiger partial charge on any atom is -0.494 e. The van der Waals surface area contributed by atoms with Gasteiger partial charge in [-0.3, -0.25) is 0 Å². The topological polar surface area (TPSA) is 66.0 Å². The molecule has 5 nitrogen and oxygen atoms in total. The van der Waals surface area contributed by atoms with Gasteiger partial charge in [0.25, 0.3) is 0 Å². The van der Waals surface area contributed by atoms with E-state index >= 15 is 0 Å². The maximum absolute atomic E-state index is 5.80. The van der Waals surface area contributed by atoms with Gasteiger partial charge in [0.05, 0.1) is 6.61 Å². The number of nitrogens with two attached hydrogens (primary N) is 1. The van der Waals surface area contributed by atoms with Gasteiger partial charge in [-0.05, 0) is 31.0 Å². The Hall–Kier alpha value is -1.69. The zero-order chi connectivity index (χ0) is 13.7. The van der Waals surface area contributed by atoms with Crippen LogP contribution in [0.4, 0.5) is 0 Å². The Bertz CT molecular complexity index is 524. The predicted octanol–water partition coefficient (Wildman–Crippen LogP) is 2.38. The summed E-state index contributed by atoms with van der Waals surface area (Å²) in [7, 11) is 0. The van der Waals surface area contributed by atoms with Crippen LogP contribution in [-0.4, -0.2) is 21.5 Å². The Morgan fingerprint density at radius 2 is 2.00 bits per heavy atom. The van der Waals surface area contributed by atoms with Crippen molar-refractivity contribution in [3.8, 4) is 5.75 Å². The highest BCUT2D eigenvalue weighted by atomic mass is 32.2. The zero-order valence-corrected chi connectivity index (χ0v) is 12.0. The molecule has 0 saturated heterocycles. The van der Waals surface area contributed by atoms with Gasteiger partial charge in [0.2, 0.25) is 5.16 Å². The lowest BCUT2D eigenvalue weighted by Crippen LogP contribution is -2.11. The van der Waals surface area contributed by atoms with Crippen molar-refractivity contribution in [1.29, 1.82) is 0 Å². The number of nitrogen functional groups attached to an aromatic ring is 1. The molecular formula is C13H18N4OS. The summed E-state index contributed by atoms with van der Waals surface area (Å²) in [6.07, 6.45) is 1.02. The summed E-state index contributed by atoms with van der Waals surface area (Å²) < 4.78 is 7.05. The highest BCUT2D eigenvalue weighted by Crippen LogP contribution is 2.21. The molecule has 1 aromatic carbocycles. The van der Waals surface area contributed by atoms with Crippen LogP contribution in [-0.2, 0) is 5.75 Å². The first-order valence-electron chi connectivity index (χ1n) is 6.22. The molecule has 6 heteroatoms. The molecule has 19 heavy (non-hydrogen) atoms. The van der Waals surface area contributed by atoms with Gasteiger partial charge in [0.15, 0.2) is 0 Å². The summed E-state index contributed by atoms with van der Waals surface area (Å²) in [5, 5.41) is 8.66. The van der Waals surface area contributed by atoms with Crippen molar-refractivity contribution >= 4 is 11.8 Å². The van der Waals surface area contributed by atoms with Crippen LogP contribution >= 0.6 is 11.8 Å². The van der Waals surface area contributed by atoms with E-state index in [9.17, 15) is 0 Å². The van der Waals surface area contributed by atoms with E-state index in [-0.39, 0.29) is 0 Å². The second-order valence-corrected chi connectivity index (χ2v) is 5.12. The lowest BCUT2D eigenvalue weighted by atomic mass is 10.2. The van der Waals surface area contributed by atoms with Crippen LogP contribution in [0.15, 0.2) is 29.4 Å². The lowest BCUT2D eigenvalue weighted by molar-refractivity contribution is 0.317. The van der Waals surface area contributed by atoms with Gasteiger partial charge in [0, 0.05) is 5.75 Å². The molecule has 2 aromatic rings. The Morgan fingerprint density at radius 3 is 2.58 bits per heavy atom. The minimum absolute atomic E-state index is 0.714. The first-order chi connectivity index (χ1) is 9.20. The fourth-order valence-corrected chi connectivity index (χ4v) is 2.36. The number of aromatic nitrogens is 3. The molecule has 1 aromatic heterocycles. The number of nitrogens with zero attached hydrogens (tertiary/aromatic N) is 3. The van der Waals surface area contributed by atoms with Crippen LogP contribution < -0.4 is 10.6 Å². The van der Waals surface area contributed by atoms with Crippen molar-refractivity contribution in [1.82, 2.24) is 14.9 Å². The van der Waals surface area contributed by atoms with Gasteiger partial charge in [0.1, 0.15) is 11.6 Å². The number of benzene rings is 1. The Kier molecular flexibility index (Phi) is 4.68. The molecule has 102 valence electrons. The molecule has 0 unspecified atom stereocenters. The average molecular weight is 278 g/mol. The van der Waals surface area contributed by atoms with E-state index in [0.29, 0.717) is 5.82 Å². The summed E-state index contributed by atoms with van der Waals surface area (Å²) >= 11 is 1.57. The summed E-state index contributed by atoms with van der Waals surface area (Å²) in [5.41, 5.74) is 1.20. The van der Waals surface area contributed by atoms with Crippen molar-refractivity contribution in [3.05, 3.63) is 35.7 Å². The molecule has 0 amide bonds. The molecule has 1 heterocycles. The van der Waals surface area contributed by atoms with Gasteiger partial charge < -0.3 is 10.6 Å². The Balaban J connectivity index is 1.91. The molecule has 0 aliphatic heterocycles. The third-order valence-corrected chi connectivity index (χ3v) is 3.61. The van der Waals surface area contributed by atoms with E-state index in [1.165, 1.54) is 10.2 Å². The van der Waals surface area contributed by atoms with E-state index in [0.717, 1.165) is 29.7 Å². The number of hydrogen-bond donors (Lipinski definition) is 1. The molecule has 0 atom stereocenters. The molecule has 2 rings (SSSR count). The normalized spacial score (nSPS) is 10.6. The van der Waals surface area contributed by atoms with Crippen molar-refractivity contribution in [2.45, 2.75) is 31.2 Å². The summed E-state index contributed by atoms with van der Waals surface area (Å²) in [6.45, 7) is 4.68. The zero-order valence-electron chi connectivity index (χ0n) is 11.2. The molecule has 0 aliphatic rings. The molecule has 0 spiro atoms. The van der Waals surface area contributed by atoms with Gasteiger partial charge in [-0.15, -0.1) is 10.2 Å². The molecule has 0 aliphatic carbocycles. The Morgan fingerprint density at radius 1 is 1.26 bits per heavy atom. The van der Waals surface area contributed by atoms with E-state index in [1.54, 1.807) is 11.8 Å². The van der Waals surface area contributed by atoms with E-state index in [4.69, 9.17) is 10.6 Å². The van der Waals surface area contributed by atoms with Crippen molar-refractivity contribution in [3.63, 3.8) is 0 Å². The summed E-state index contributed by atoms with van der Waals surface area (Å²) in [5.74, 6) is 8.23. The largest absolute Gasteiger partial charge is 0.494 e. The molecular weight excluding hydrogens is 260 g/mol. The molecule has 0 fully saturated rings. The van der Waals surface area contributed by atoms with E-state index in [2.05, 4.69) is 29.3 Å². The maximum Gasteiger partial charge on any atom is 0.210 e. The number of ether oxygens (including phenoxy) is 1. The predicted molar refractivity (Wildman–Crippen MR) is 76.7 cm³/mol. The van der Waals surface area contributed by atoms with Crippen molar-refractivity contribution in [2.75, 3.05) is 12.4 Å². The number of thioether (sulfide) groups is 1. The fraction of sp³-hybridized carbons (Fsp3) is 0.385. The Labute approximate surface area is 117 Å². The van der Waals surface area contributed by atoms with Gasteiger partial charge in [-0.1, -0.05) is 30.8 Å². The minimum atomic E-state index is 0.714. The van der Waals surface area contributed by atoms with Gasteiger partial charge in [-0.25, -0.2) is 4.68 Å². The maximum atomic E-state index is 5.80. The van der Waals surface area contributed by atoms with Crippen LogP contribution in [0.3, 0.4) is 0 Å². The fourth-order valence-electron chi connectivity index (χ4n) is 1.50. The van der Waals surface area contributed by atoms with E-state index in [1.807, 2.05) is 19.1 Å². The molecule has 0 bridgehead atoms. The number of rotatable bonds is 6. The molecule has 2 N–H and O–H groups in total. The van der Waals surface area contributed by atoms with Crippen molar-refractivity contribution in [2.24, 2.45) is 0 Å². The van der Waals surface area contributed by atoms with Crippen LogP contribution in [0.5, 0.6) is 5.75 Å². The average Bonchev–Trinajstić information content (AvgIpc) is 2.75. The van der Waals surface area contributed by atoms with Gasteiger partial charge in [-0.2, -0.15) is 0 Å². The van der Waals surface area contributed by atoms with Gasteiger partial charge >= 0.3 is 0 Å². The highest BCUT2D eigenvalue weighted by Gasteiger charge is 2.06. The smallest absolute Gasteiger partial charge is 0.210 e. The van der Waals surface area contributed by atoms with Crippen LogP contribution in [0, 0.1) is 6.92 Å². The van der Waals surface area contributed by atoms with Crippen LogP contribution in [0.25, 0.3) is 0 Å². The first kappa shape index (κ1) is 13.7. The third-order valence-electron chi connectivity index (χ3n) is 2.60. The van der Waals surface area contributed by atoms with Crippen LogP contribution in [0.2, 0.25) is 0 Å². The third kappa shape index (κ3) is 3.64. The quantitative estimate of drug-likeness (QED) is 0.649. The monoisotopic (exact) mass is 278 g/mol. The SMILES string of the molecule is CCCOc1ccc(CSc2nnc(C)n2N)cc1. The number of hydrogen-bond acceptors (Lipinski definition) is 5. The second-order valence-electron chi connectivity index (χ2n) is 4.18. The van der Waals surface area contributed by atoms with Crippen molar-refractivity contribution < 1.29 is 4.74 Å². The standard InChI is InChI=1S/C13H18N4OS/c1-3-8-18-12-6-4-11(5-7-12)9-19-13-16-15-10(2)17(13)14/h4-7H,3,8-9,14H2,1-2H3. The number of aryl methyl sites for hydroxylation is 1. The molecule has 0 radical (unpaired) electrons. The second kappa shape index (κ2) is 6.47. The van der Waals surface area contributed by atoms with Crippen LogP contribution in [0.1, 0.15) is 24.7 Å². The summed E-state index contributed by atoms with van der Waals surface area (Å²) in [6, 6.07) is 8.10. The lowest BCUT2D eigenvalue weighted by Gasteiger charge is -2.06. The molecule has 0 saturated carbocycles. The first-order valence-corrected chi connectivity index (χ1v) is 7.21. The summed E-state index contributed by atoms with van der Waals surface area (Å²) in [4.78, 5) is 0.